The summed E-state index contributed by atoms with van der Waals surface area (Å²) < 4.78 is 5.56. The molecule has 71 valence electrons. The van der Waals surface area contributed by atoms with Crippen LogP contribution >= 0.6 is 0 Å². The Hall–Kier alpha value is -0.980. The highest BCUT2D eigenvalue weighted by Crippen LogP contribution is 2.13. The maximum absolute atomic E-state index is 5.56. The lowest BCUT2D eigenvalue weighted by molar-refractivity contribution is 0.309. The maximum Gasteiger partial charge on any atom is 0.120 e. The minimum atomic E-state index is 0.817. The first kappa shape index (κ1) is 10.1. The number of aryl methyl sites for hydroxylation is 1. The molecule has 0 aromatic heterocycles. The lowest BCUT2D eigenvalue weighted by atomic mass is 10.2. The first-order valence-corrected chi connectivity index (χ1v) is 4.99. The van der Waals surface area contributed by atoms with Gasteiger partial charge in [-0.25, -0.2) is 0 Å². The number of unbranched alkanes of at least 4 members (excludes halogenated alkanes) is 1. The van der Waals surface area contributed by atoms with E-state index in [-0.39, 0.29) is 0 Å². The lowest BCUT2D eigenvalue weighted by Gasteiger charge is -2.05. The summed E-state index contributed by atoms with van der Waals surface area (Å²) in [4.78, 5) is 0. The third-order valence-corrected chi connectivity index (χ3v) is 2.00. The minimum Gasteiger partial charge on any atom is -0.494 e. The average Bonchev–Trinajstić information content (AvgIpc) is 2.19. The lowest BCUT2D eigenvalue weighted by Crippen LogP contribution is -1.96. The van der Waals surface area contributed by atoms with Gasteiger partial charge >= 0.3 is 0 Å². The molecule has 1 radical (unpaired) electrons. The second-order valence-electron chi connectivity index (χ2n) is 3.13. The van der Waals surface area contributed by atoms with Gasteiger partial charge in [0, 0.05) is 0 Å². The molecule has 1 aromatic carbocycles. The van der Waals surface area contributed by atoms with E-state index in [1.165, 1.54) is 12.0 Å². The van der Waals surface area contributed by atoms with Gasteiger partial charge in [-0.3, -0.25) is 0 Å². The fourth-order valence-corrected chi connectivity index (χ4v) is 1.12. The highest BCUT2D eigenvalue weighted by molar-refractivity contribution is 5.27. The Morgan fingerprint density at radius 1 is 1.31 bits per heavy atom. The molecular weight excluding hydrogens is 160 g/mol. The summed E-state index contributed by atoms with van der Waals surface area (Å²) in [5.74, 6) is 0.952. The van der Waals surface area contributed by atoms with Crippen LogP contribution in [0.3, 0.4) is 0 Å². The maximum atomic E-state index is 5.56. The fourth-order valence-electron chi connectivity index (χ4n) is 1.12. The molecule has 0 spiro atoms. The van der Waals surface area contributed by atoms with Crippen molar-refractivity contribution >= 4 is 0 Å². The molecule has 0 aliphatic rings. The van der Waals surface area contributed by atoms with Gasteiger partial charge in [-0.15, -0.1) is 0 Å². The molecule has 0 atom stereocenters. The number of hydrogen-bond acceptors (Lipinski definition) is 1. The second-order valence-corrected chi connectivity index (χ2v) is 3.13. The highest BCUT2D eigenvalue weighted by atomic mass is 16.5. The van der Waals surface area contributed by atoms with E-state index >= 15 is 0 Å². The van der Waals surface area contributed by atoms with Gasteiger partial charge in [-0.1, -0.05) is 26.3 Å². The molecule has 0 unspecified atom stereocenters. The Morgan fingerprint density at radius 2 is 2.15 bits per heavy atom. The van der Waals surface area contributed by atoms with E-state index < -0.39 is 0 Å². The van der Waals surface area contributed by atoms with Gasteiger partial charge in [0.15, 0.2) is 0 Å². The number of ether oxygens (including phenoxy) is 1. The molecule has 0 N–H and O–H groups in total. The third kappa shape index (κ3) is 3.49. The molecule has 1 nitrogen and oxygen atoms in total. The van der Waals surface area contributed by atoms with Crippen molar-refractivity contribution in [3.63, 3.8) is 0 Å². The Balaban J connectivity index is 2.46. The molecule has 0 saturated carbocycles. The van der Waals surface area contributed by atoms with E-state index in [1.807, 2.05) is 12.1 Å². The molecule has 1 rings (SSSR count). The molecule has 1 aromatic rings. The van der Waals surface area contributed by atoms with E-state index in [0.29, 0.717) is 0 Å². The monoisotopic (exact) mass is 177 g/mol. The van der Waals surface area contributed by atoms with Crippen LogP contribution in [0.15, 0.2) is 18.2 Å². The molecule has 1 heteroatoms. The van der Waals surface area contributed by atoms with Gasteiger partial charge in [0.1, 0.15) is 5.75 Å². The topological polar surface area (TPSA) is 9.23 Å². The quantitative estimate of drug-likeness (QED) is 0.627. The molecule has 0 fully saturated rings. The third-order valence-electron chi connectivity index (χ3n) is 2.00. The van der Waals surface area contributed by atoms with Crippen LogP contribution in [0, 0.1) is 6.07 Å². The van der Waals surface area contributed by atoms with Gasteiger partial charge in [-0.05, 0) is 36.6 Å². The minimum absolute atomic E-state index is 0.817. The van der Waals surface area contributed by atoms with Gasteiger partial charge in [0.05, 0.1) is 6.61 Å². The average molecular weight is 177 g/mol. The molecule has 13 heavy (non-hydrogen) atoms. The van der Waals surface area contributed by atoms with Crippen molar-refractivity contribution in [2.75, 3.05) is 6.61 Å². The van der Waals surface area contributed by atoms with Crippen molar-refractivity contribution in [3.05, 3.63) is 29.8 Å². The zero-order chi connectivity index (χ0) is 9.52. The summed E-state index contributed by atoms with van der Waals surface area (Å²) in [6.07, 6.45) is 3.34. The summed E-state index contributed by atoms with van der Waals surface area (Å²) in [5.41, 5.74) is 1.29. The van der Waals surface area contributed by atoms with E-state index in [2.05, 4.69) is 26.0 Å². The second kappa shape index (κ2) is 5.63. The van der Waals surface area contributed by atoms with Gasteiger partial charge in [0.25, 0.3) is 0 Å². The Morgan fingerprint density at radius 3 is 2.85 bits per heavy atom. The molecule has 0 amide bonds. The Kier molecular flexibility index (Phi) is 4.37. The summed E-state index contributed by atoms with van der Waals surface area (Å²) >= 11 is 0. The van der Waals surface area contributed by atoms with Crippen LogP contribution < -0.4 is 4.74 Å². The molecule has 0 aliphatic heterocycles. The summed E-state index contributed by atoms with van der Waals surface area (Å²) in [5, 5.41) is 0. The van der Waals surface area contributed by atoms with Crippen molar-refractivity contribution in [1.29, 1.82) is 0 Å². The Labute approximate surface area is 80.7 Å². The van der Waals surface area contributed by atoms with Crippen LogP contribution in [0.5, 0.6) is 5.75 Å². The van der Waals surface area contributed by atoms with Crippen LogP contribution in [0.2, 0.25) is 0 Å². The van der Waals surface area contributed by atoms with E-state index in [0.717, 1.165) is 25.2 Å². The number of benzene rings is 1. The molecule has 0 saturated heterocycles. The molecular formula is C12H17O. The van der Waals surface area contributed by atoms with E-state index in [1.54, 1.807) is 0 Å². The first-order chi connectivity index (χ1) is 6.36. The van der Waals surface area contributed by atoms with Crippen LogP contribution in [-0.2, 0) is 6.42 Å². The van der Waals surface area contributed by atoms with Crippen molar-refractivity contribution in [1.82, 2.24) is 0 Å². The zero-order valence-electron chi connectivity index (χ0n) is 8.47. The van der Waals surface area contributed by atoms with Crippen molar-refractivity contribution in [2.45, 2.75) is 33.1 Å². The SMILES string of the molecule is CCCCOc1c[c]cc(CC)c1. The largest absolute Gasteiger partial charge is 0.494 e. The highest BCUT2D eigenvalue weighted by Gasteiger charge is 1.94. The van der Waals surface area contributed by atoms with E-state index in [9.17, 15) is 0 Å². The first-order valence-electron chi connectivity index (χ1n) is 4.99. The summed E-state index contributed by atoms with van der Waals surface area (Å²) in [6.45, 7) is 5.12. The van der Waals surface area contributed by atoms with Crippen molar-refractivity contribution < 1.29 is 4.74 Å². The van der Waals surface area contributed by atoms with Crippen molar-refractivity contribution in [2.24, 2.45) is 0 Å². The van der Waals surface area contributed by atoms with Gasteiger partial charge in [0.2, 0.25) is 0 Å². The predicted octanol–water partition coefficient (Wildman–Crippen LogP) is 3.23. The zero-order valence-corrected chi connectivity index (χ0v) is 8.47. The van der Waals surface area contributed by atoms with Crippen LogP contribution in [0.25, 0.3) is 0 Å². The molecule has 0 bridgehead atoms. The van der Waals surface area contributed by atoms with Gasteiger partial charge < -0.3 is 4.74 Å². The standard InChI is InChI=1S/C12H17O/c1-3-5-9-13-12-8-6-7-11(4-2)10-12/h7-8,10H,3-5,9H2,1-2H3. The normalized spacial score (nSPS) is 10.0. The van der Waals surface area contributed by atoms with Crippen molar-refractivity contribution in [3.8, 4) is 5.75 Å². The van der Waals surface area contributed by atoms with Crippen LogP contribution in [0.4, 0.5) is 0 Å². The van der Waals surface area contributed by atoms with E-state index in [4.69, 9.17) is 4.74 Å². The fraction of sp³-hybridized carbons (Fsp3) is 0.500. The molecule has 0 heterocycles. The molecule has 0 aliphatic carbocycles. The predicted molar refractivity (Wildman–Crippen MR) is 55.1 cm³/mol. The van der Waals surface area contributed by atoms with Crippen LogP contribution in [0.1, 0.15) is 32.3 Å². The number of rotatable bonds is 5. The van der Waals surface area contributed by atoms with Gasteiger partial charge in [-0.2, -0.15) is 0 Å². The smallest absolute Gasteiger partial charge is 0.120 e. The van der Waals surface area contributed by atoms with Crippen LogP contribution in [-0.4, -0.2) is 6.61 Å². The Bertz CT molecular complexity index is 243. The summed E-state index contributed by atoms with van der Waals surface area (Å²) in [7, 11) is 0. The number of hydrogen-bond donors (Lipinski definition) is 0. The summed E-state index contributed by atoms with van der Waals surface area (Å²) in [6, 6.07) is 9.08.